The number of nitrogens with one attached hydrogen (secondary N) is 2. The Bertz CT molecular complexity index is 619. The number of sulfonamides is 1. The number of ether oxygens (including phenoxy) is 1. The Morgan fingerprint density at radius 3 is 2.71 bits per heavy atom. The van der Waals surface area contributed by atoms with E-state index in [1.165, 1.54) is 6.07 Å². The zero-order valence-corrected chi connectivity index (χ0v) is 12.8. The van der Waals surface area contributed by atoms with Crippen molar-refractivity contribution in [1.29, 1.82) is 0 Å². The van der Waals surface area contributed by atoms with Crippen LogP contribution < -0.4 is 14.8 Å². The molecule has 1 aliphatic heterocycles. The van der Waals surface area contributed by atoms with E-state index in [-0.39, 0.29) is 15.7 Å². The molecule has 0 aliphatic carbocycles. The topological polar surface area (TPSA) is 67.4 Å². The highest BCUT2D eigenvalue weighted by Gasteiger charge is 2.33. The number of halogens is 3. The predicted octanol–water partition coefficient (Wildman–Crippen LogP) is 1.97. The molecule has 0 saturated carbocycles. The van der Waals surface area contributed by atoms with Gasteiger partial charge in [-0.15, -0.1) is 0 Å². The van der Waals surface area contributed by atoms with Crippen LogP contribution >= 0.6 is 11.6 Å². The van der Waals surface area contributed by atoms with Gasteiger partial charge in [0.15, 0.2) is 0 Å². The van der Waals surface area contributed by atoms with Gasteiger partial charge in [0, 0.05) is 12.1 Å². The van der Waals surface area contributed by atoms with Crippen LogP contribution in [0, 0.1) is 0 Å². The van der Waals surface area contributed by atoms with Gasteiger partial charge in [0.05, 0.1) is 9.92 Å². The zero-order valence-electron chi connectivity index (χ0n) is 11.2. The first-order valence-corrected chi connectivity index (χ1v) is 8.07. The molecule has 0 spiro atoms. The molecule has 0 radical (unpaired) electrons. The third-order valence-corrected chi connectivity index (χ3v) is 5.11. The van der Waals surface area contributed by atoms with Gasteiger partial charge in [-0.3, -0.25) is 0 Å². The summed E-state index contributed by atoms with van der Waals surface area (Å²) >= 11 is 5.77. The molecule has 5 nitrogen and oxygen atoms in total. The average Bonchev–Trinajstić information content (AvgIpc) is 2.76. The summed E-state index contributed by atoms with van der Waals surface area (Å²) in [7, 11) is -3.79. The highest BCUT2D eigenvalue weighted by Crippen LogP contribution is 2.29. The first-order valence-electron chi connectivity index (χ1n) is 6.21. The van der Waals surface area contributed by atoms with Crippen molar-refractivity contribution >= 4 is 21.6 Å². The molecular weight excluding hydrogens is 326 g/mol. The normalized spacial score (nSPS) is 22.7. The van der Waals surface area contributed by atoms with Crippen LogP contribution in [-0.2, 0) is 10.0 Å². The minimum absolute atomic E-state index is 0.0951. The molecule has 0 amide bonds. The molecule has 2 rings (SSSR count). The molecule has 1 aromatic rings. The Morgan fingerprint density at radius 1 is 1.48 bits per heavy atom. The standard InChI is InChI=1S/C12H15ClF2N2O3S/c1-12(4-5-16-7-12)17-21(18,19)8-2-3-10(9(13)6-8)20-11(14)15/h2-3,6,11,16-17H,4-5,7H2,1H3. The van der Waals surface area contributed by atoms with E-state index >= 15 is 0 Å². The van der Waals surface area contributed by atoms with Gasteiger partial charge >= 0.3 is 6.61 Å². The van der Waals surface area contributed by atoms with Crippen LogP contribution in [0.4, 0.5) is 8.78 Å². The van der Waals surface area contributed by atoms with E-state index in [4.69, 9.17) is 11.6 Å². The second-order valence-corrected chi connectivity index (χ2v) is 7.15. The van der Waals surface area contributed by atoms with Crippen molar-refractivity contribution in [3.63, 3.8) is 0 Å². The summed E-state index contributed by atoms with van der Waals surface area (Å²) in [4.78, 5) is -0.0951. The molecule has 1 fully saturated rings. The summed E-state index contributed by atoms with van der Waals surface area (Å²) < 4.78 is 55.6. The predicted molar refractivity (Wildman–Crippen MR) is 74.3 cm³/mol. The molecule has 0 aromatic heterocycles. The molecule has 9 heteroatoms. The number of hydrogen-bond donors (Lipinski definition) is 2. The third kappa shape index (κ3) is 4.03. The zero-order chi connectivity index (χ0) is 15.7. The molecule has 2 N–H and O–H groups in total. The lowest BCUT2D eigenvalue weighted by Gasteiger charge is -2.24. The Morgan fingerprint density at radius 2 is 2.19 bits per heavy atom. The maximum atomic E-state index is 12.3. The second-order valence-electron chi connectivity index (χ2n) is 5.06. The maximum absolute atomic E-state index is 12.3. The van der Waals surface area contributed by atoms with Crippen LogP contribution in [0.3, 0.4) is 0 Å². The van der Waals surface area contributed by atoms with Crippen molar-refractivity contribution in [1.82, 2.24) is 10.0 Å². The second kappa shape index (κ2) is 6.04. The quantitative estimate of drug-likeness (QED) is 0.860. The molecule has 1 atom stereocenters. The summed E-state index contributed by atoms with van der Waals surface area (Å²) in [5, 5.41) is 2.89. The number of alkyl halides is 2. The molecular formula is C12H15ClF2N2O3S. The third-order valence-electron chi connectivity index (χ3n) is 3.18. The lowest BCUT2D eigenvalue weighted by molar-refractivity contribution is -0.0498. The van der Waals surface area contributed by atoms with Crippen LogP contribution in [-0.4, -0.2) is 33.7 Å². The van der Waals surface area contributed by atoms with Crippen LogP contribution in [0.25, 0.3) is 0 Å². The fraction of sp³-hybridized carbons (Fsp3) is 0.500. The van der Waals surface area contributed by atoms with Crippen molar-refractivity contribution in [3.05, 3.63) is 23.2 Å². The van der Waals surface area contributed by atoms with Crippen molar-refractivity contribution in [2.45, 2.75) is 30.4 Å². The summed E-state index contributed by atoms with van der Waals surface area (Å²) in [6.45, 7) is 0.0139. The Hall–Kier alpha value is -0.960. The van der Waals surface area contributed by atoms with Crippen molar-refractivity contribution in [2.75, 3.05) is 13.1 Å². The van der Waals surface area contributed by atoms with E-state index in [2.05, 4.69) is 14.8 Å². The van der Waals surface area contributed by atoms with E-state index in [0.29, 0.717) is 13.0 Å². The Balaban J connectivity index is 2.22. The van der Waals surface area contributed by atoms with Crippen LogP contribution in [0.1, 0.15) is 13.3 Å². The minimum Gasteiger partial charge on any atom is -0.433 e. The van der Waals surface area contributed by atoms with Crippen molar-refractivity contribution < 1.29 is 21.9 Å². The van der Waals surface area contributed by atoms with Crippen molar-refractivity contribution in [3.8, 4) is 5.75 Å². The highest BCUT2D eigenvalue weighted by atomic mass is 35.5. The summed E-state index contributed by atoms with van der Waals surface area (Å²) in [5.41, 5.74) is -0.580. The molecule has 1 saturated heterocycles. The van der Waals surface area contributed by atoms with Gasteiger partial charge in [-0.05, 0) is 38.1 Å². The number of benzene rings is 1. The molecule has 1 aliphatic rings. The van der Waals surface area contributed by atoms with Crippen LogP contribution in [0.2, 0.25) is 5.02 Å². The van der Waals surface area contributed by atoms with Gasteiger partial charge in [-0.25, -0.2) is 13.1 Å². The lowest BCUT2D eigenvalue weighted by atomic mass is 10.0. The summed E-state index contributed by atoms with van der Waals surface area (Å²) in [6, 6.07) is 3.38. The smallest absolute Gasteiger partial charge is 0.387 e. The van der Waals surface area contributed by atoms with Gasteiger partial charge in [0.1, 0.15) is 5.75 Å². The fourth-order valence-corrected chi connectivity index (χ4v) is 3.88. The van der Waals surface area contributed by atoms with E-state index in [9.17, 15) is 17.2 Å². The monoisotopic (exact) mass is 340 g/mol. The minimum atomic E-state index is -3.79. The van der Waals surface area contributed by atoms with Gasteiger partial charge in [0.2, 0.25) is 10.0 Å². The molecule has 1 heterocycles. The summed E-state index contributed by atoms with van der Waals surface area (Å²) in [5.74, 6) is -0.264. The van der Waals surface area contributed by atoms with E-state index in [0.717, 1.165) is 18.7 Å². The summed E-state index contributed by atoms with van der Waals surface area (Å²) in [6.07, 6.45) is 0.659. The highest BCUT2D eigenvalue weighted by molar-refractivity contribution is 7.89. The molecule has 1 aromatic carbocycles. The first kappa shape index (κ1) is 16.4. The number of hydrogen-bond acceptors (Lipinski definition) is 4. The van der Waals surface area contributed by atoms with E-state index in [1.54, 1.807) is 6.92 Å². The lowest BCUT2D eigenvalue weighted by Crippen LogP contribution is -2.47. The van der Waals surface area contributed by atoms with Gasteiger partial charge in [0.25, 0.3) is 0 Å². The molecule has 21 heavy (non-hydrogen) atoms. The largest absolute Gasteiger partial charge is 0.433 e. The molecule has 1 unspecified atom stereocenters. The van der Waals surface area contributed by atoms with Crippen molar-refractivity contribution in [2.24, 2.45) is 0 Å². The Labute approximate surface area is 126 Å². The SMILES string of the molecule is CC1(NS(=O)(=O)c2ccc(OC(F)F)c(Cl)c2)CCNC1. The van der Waals surface area contributed by atoms with Gasteiger partial charge in [-0.2, -0.15) is 8.78 Å². The van der Waals surface area contributed by atoms with E-state index in [1.807, 2.05) is 0 Å². The fourth-order valence-electron chi connectivity index (χ4n) is 2.13. The van der Waals surface area contributed by atoms with E-state index < -0.39 is 22.2 Å². The van der Waals surface area contributed by atoms with Crippen LogP contribution in [0.15, 0.2) is 23.1 Å². The van der Waals surface area contributed by atoms with Gasteiger partial charge < -0.3 is 10.1 Å². The van der Waals surface area contributed by atoms with Gasteiger partial charge in [-0.1, -0.05) is 11.6 Å². The first-order chi connectivity index (χ1) is 9.72. The molecule has 0 bridgehead atoms. The number of rotatable bonds is 5. The maximum Gasteiger partial charge on any atom is 0.387 e. The van der Waals surface area contributed by atoms with Crippen LogP contribution in [0.5, 0.6) is 5.75 Å². The average molecular weight is 341 g/mol. The molecule has 118 valence electrons. The Kier molecular flexibility index (Phi) is 4.72.